The quantitative estimate of drug-likeness (QED) is 0.296. The molecule has 1 unspecified atom stereocenters. The first-order valence-electron chi connectivity index (χ1n) is 11.4. The fraction of sp³-hybridized carbons (Fsp3) is 0.520. The minimum atomic E-state index is -0.593. The third-order valence-electron chi connectivity index (χ3n) is 6.32. The van der Waals surface area contributed by atoms with Crippen LogP contribution in [0.15, 0.2) is 31.5 Å². The summed E-state index contributed by atoms with van der Waals surface area (Å²) in [7, 11) is 0. The maximum atomic E-state index is 14.8. The van der Waals surface area contributed by atoms with Crippen molar-refractivity contribution in [3.63, 3.8) is 0 Å². The van der Waals surface area contributed by atoms with Crippen LogP contribution in [0.4, 0.5) is 9.18 Å². The monoisotopic (exact) mass is 491 g/mol. The Morgan fingerprint density at radius 2 is 2.03 bits per heavy atom. The Labute approximate surface area is 203 Å². The second-order valence-corrected chi connectivity index (χ2v) is 10.1. The standard InChI is InChI=1S/C25H31ClFN3O4/c1-6-8-32-12-16-18(14-10-28-23(26)21(27)22(14)29-16)20-15-11-30(24(31)34-25(3,4)5)17(19(15)20)13-33-9-7-2/h6-7,10,15,17,19-20,29H,1-2,8-9,11-13H2,3-5H3/t15-,17+,19-,20?/m0/s1. The average molecular weight is 492 g/mol. The van der Waals surface area contributed by atoms with E-state index < -0.39 is 11.4 Å². The van der Waals surface area contributed by atoms with Crippen molar-refractivity contribution in [2.75, 3.05) is 26.4 Å². The van der Waals surface area contributed by atoms with E-state index in [1.807, 2.05) is 20.8 Å². The summed E-state index contributed by atoms with van der Waals surface area (Å²) in [5.41, 5.74) is 1.48. The maximum Gasteiger partial charge on any atom is 0.410 e. The number of aromatic nitrogens is 2. The molecule has 0 bridgehead atoms. The van der Waals surface area contributed by atoms with Gasteiger partial charge in [-0.25, -0.2) is 14.2 Å². The van der Waals surface area contributed by atoms with E-state index >= 15 is 0 Å². The van der Waals surface area contributed by atoms with Crippen LogP contribution in [0.2, 0.25) is 5.15 Å². The van der Waals surface area contributed by atoms with Crippen LogP contribution >= 0.6 is 11.6 Å². The number of ether oxygens (including phenoxy) is 3. The minimum absolute atomic E-state index is 0.106. The Kier molecular flexibility index (Phi) is 7.03. The smallest absolute Gasteiger partial charge is 0.410 e. The third-order valence-corrected chi connectivity index (χ3v) is 6.58. The van der Waals surface area contributed by atoms with E-state index in [2.05, 4.69) is 23.1 Å². The fourth-order valence-corrected chi connectivity index (χ4v) is 5.19. The van der Waals surface area contributed by atoms with Gasteiger partial charge in [-0.05, 0) is 44.1 Å². The molecule has 0 spiro atoms. The molecule has 7 nitrogen and oxygen atoms in total. The lowest BCUT2D eigenvalue weighted by Crippen LogP contribution is -2.44. The first-order chi connectivity index (χ1) is 16.2. The summed E-state index contributed by atoms with van der Waals surface area (Å²) in [4.78, 5) is 21.9. The number of amides is 1. The normalized spacial score (nSPS) is 23.7. The van der Waals surface area contributed by atoms with Crippen LogP contribution < -0.4 is 0 Å². The number of piperidine rings is 1. The summed E-state index contributed by atoms with van der Waals surface area (Å²) in [6.45, 7) is 14.9. The summed E-state index contributed by atoms with van der Waals surface area (Å²) >= 11 is 5.93. The molecule has 34 heavy (non-hydrogen) atoms. The van der Waals surface area contributed by atoms with Gasteiger partial charge in [-0.2, -0.15) is 0 Å². The Bertz CT molecular complexity index is 1100. The lowest BCUT2D eigenvalue weighted by Gasteiger charge is -2.31. The van der Waals surface area contributed by atoms with Gasteiger partial charge in [0.15, 0.2) is 11.0 Å². The third kappa shape index (κ3) is 4.72. The Morgan fingerprint density at radius 1 is 1.32 bits per heavy atom. The van der Waals surface area contributed by atoms with E-state index in [0.717, 1.165) is 11.3 Å². The molecule has 1 aliphatic carbocycles. The topological polar surface area (TPSA) is 76.7 Å². The molecule has 3 heterocycles. The molecule has 2 aromatic heterocycles. The predicted molar refractivity (Wildman–Crippen MR) is 128 cm³/mol. The number of hydrogen-bond acceptors (Lipinski definition) is 5. The van der Waals surface area contributed by atoms with Crippen molar-refractivity contribution in [2.45, 2.75) is 44.9 Å². The molecule has 2 aliphatic rings. The van der Waals surface area contributed by atoms with E-state index in [1.165, 1.54) is 0 Å². The molecule has 1 saturated carbocycles. The highest BCUT2D eigenvalue weighted by Gasteiger charge is 2.64. The van der Waals surface area contributed by atoms with Gasteiger partial charge < -0.3 is 24.1 Å². The number of likely N-dealkylation sites (tertiary alicyclic amines) is 1. The Morgan fingerprint density at radius 3 is 2.71 bits per heavy atom. The molecule has 2 aromatic rings. The van der Waals surface area contributed by atoms with Crippen molar-refractivity contribution in [3.05, 3.63) is 53.7 Å². The molecule has 0 aromatic carbocycles. The van der Waals surface area contributed by atoms with Gasteiger partial charge in [0.05, 0.1) is 38.0 Å². The van der Waals surface area contributed by atoms with Crippen LogP contribution in [-0.2, 0) is 20.8 Å². The first kappa shape index (κ1) is 24.7. The number of nitrogens with zero attached hydrogens (tertiary/aromatic N) is 2. The minimum Gasteiger partial charge on any atom is -0.444 e. The zero-order chi connectivity index (χ0) is 24.6. The van der Waals surface area contributed by atoms with Crippen LogP contribution in [0.5, 0.6) is 0 Å². The highest BCUT2D eigenvalue weighted by Crippen LogP contribution is 2.63. The molecule has 1 amide bonds. The van der Waals surface area contributed by atoms with Crippen LogP contribution in [0, 0.1) is 17.7 Å². The fourth-order valence-electron chi connectivity index (χ4n) is 5.05. The Hall–Kier alpha value is -2.42. The molecule has 184 valence electrons. The highest BCUT2D eigenvalue weighted by molar-refractivity contribution is 6.30. The van der Waals surface area contributed by atoms with Gasteiger partial charge >= 0.3 is 6.09 Å². The second kappa shape index (κ2) is 9.68. The molecule has 0 radical (unpaired) electrons. The summed E-state index contributed by atoms with van der Waals surface area (Å²) < 4.78 is 31.9. The number of H-pyrrole nitrogens is 1. The SMILES string of the molecule is C=CCOCc1[nH]c2c(F)c(Cl)ncc2c1C1[C@H]2[C@@H]1CN(C(=O)OC(C)(C)C)[C@@H]2COCC=C. The molecule has 1 N–H and O–H groups in total. The molecular weight excluding hydrogens is 461 g/mol. The zero-order valence-corrected chi connectivity index (χ0v) is 20.5. The number of nitrogens with one attached hydrogen (secondary N) is 1. The van der Waals surface area contributed by atoms with Gasteiger partial charge in [0.2, 0.25) is 0 Å². The van der Waals surface area contributed by atoms with Gasteiger partial charge in [-0.3, -0.25) is 0 Å². The summed E-state index contributed by atoms with van der Waals surface area (Å²) in [6, 6.07) is -0.165. The predicted octanol–water partition coefficient (Wildman–Crippen LogP) is 5.21. The lowest BCUT2D eigenvalue weighted by molar-refractivity contribution is 0.00703. The van der Waals surface area contributed by atoms with Crippen LogP contribution in [0.1, 0.15) is 37.9 Å². The summed E-state index contributed by atoms with van der Waals surface area (Å²) in [6.07, 6.45) is 4.60. The number of pyridine rings is 1. The zero-order valence-electron chi connectivity index (χ0n) is 19.8. The number of rotatable bonds is 9. The van der Waals surface area contributed by atoms with Gasteiger partial charge in [0.1, 0.15) is 5.60 Å². The van der Waals surface area contributed by atoms with Crippen molar-refractivity contribution in [1.82, 2.24) is 14.9 Å². The number of hydrogen-bond donors (Lipinski definition) is 1. The molecule has 2 fully saturated rings. The lowest BCUT2D eigenvalue weighted by atomic mass is 10.0. The Balaban J connectivity index is 1.65. The first-order valence-corrected chi connectivity index (χ1v) is 11.8. The average Bonchev–Trinajstić information content (AvgIpc) is 3.13. The highest BCUT2D eigenvalue weighted by atomic mass is 35.5. The number of fused-ring (bicyclic) bond motifs is 2. The van der Waals surface area contributed by atoms with Crippen LogP contribution in [0.25, 0.3) is 10.9 Å². The van der Waals surface area contributed by atoms with Gasteiger partial charge in [0, 0.05) is 23.8 Å². The van der Waals surface area contributed by atoms with Gasteiger partial charge in [-0.15, -0.1) is 13.2 Å². The molecule has 1 saturated heterocycles. The van der Waals surface area contributed by atoms with E-state index in [-0.39, 0.29) is 41.6 Å². The van der Waals surface area contributed by atoms with Crippen molar-refractivity contribution < 1.29 is 23.4 Å². The largest absolute Gasteiger partial charge is 0.444 e. The van der Waals surface area contributed by atoms with E-state index in [0.29, 0.717) is 37.3 Å². The summed E-state index contributed by atoms with van der Waals surface area (Å²) in [5.74, 6) is -0.133. The second-order valence-electron chi connectivity index (χ2n) is 9.77. The van der Waals surface area contributed by atoms with Gasteiger partial charge in [-0.1, -0.05) is 23.8 Å². The number of carbonyl (C=O) groups is 1. The molecule has 9 heteroatoms. The van der Waals surface area contributed by atoms with Crippen molar-refractivity contribution >= 4 is 28.6 Å². The number of halogens is 2. The van der Waals surface area contributed by atoms with Crippen LogP contribution in [0.3, 0.4) is 0 Å². The van der Waals surface area contributed by atoms with E-state index in [1.54, 1.807) is 23.2 Å². The number of carbonyl (C=O) groups excluding carboxylic acids is 1. The molecular formula is C25H31ClFN3O4. The molecule has 1 aliphatic heterocycles. The van der Waals surface area contributed by atoms with E-state index in [4.69, 9.17) is 25.8 Å². The number of aromatic amines is 1. The maximum absolute atomic E-state index is 14.8. The van der Waals surface area contributed by atoms with Gasteiger partial charge in [0.25, 0.3) is 0 Å². The van der Waals surface area contributed by atoms with Crippen molar-refractivity contribution in [1.29, 1.82) is 0 Å². The molecule has 4 atom stereocenters. The van der Waals surface area contributed by atoms with Crippen molar-refractivity contribution in [3.8, 4) is 0 Å². The van der Waals surface area contributed by atoms with Crippen LogP contribution in [-0.4, -0.2) is 59.0 Å². The van der Waals surface area contributed by atoms with Crippen molar-refractivity contribution in [2.24, 2.45) is 11.8 Å². The van der Waals surface area contributed by atoms with E-state index in [9.17, 15) is 9.18 Å². The summed E-state index contributed by atoms with van der Waals surface area (Å²) in [5, 5.41) is 0.509. The molecule has 4 rings (SSSR count).